The van der Waals surface area contributed by atoms with Crippen LogP contribution in [0.1, 0.15) is 5.56 Å². The summed E-state index contributed by atoms with van der Waals surface area (Å²) in [4.78, 5) is 16.4. The molecule has 0 saturated carbocycles. The summed E-state index contributed by atoms with van der Waals surface area (Å²) in [6.07, 6.45) is 0. The van der Waals surface area contributed by atoms with Gasteiger partial charge < -0.3 is 9.88 Å². The molecule has 0 bridgehead atoms. The molecule has 0 spiro atoms. The quantitative estimate of drug-likeness (QED) is 0.605. The number of rotatable bonds is 6. The van der Waals surface area contributed by atoms with E-state index in [4.69, 9.17) is 5.14 Å². The number of nitrogens with zero attached hydrogens (tertiary/aromatic N) is 2. The lowest BCUT2D eigenvalue weighted by Gasteiger charge is -2.05. The first-order valence-electron chi connectivity index (χ1n) is 7.87. The molecule has 0 aliphatic heterocycles. The number of nitrogens with two attached hydrogens (primary N) is 1. The van der Waals surface area contributed by atoms with Crippen LogP contribution in [0.5, 0.6) is 0 Å². The van der Waals surface area contributed by atoms with Crippen molar-refractivity contribution in [2.75, 3.05) is 5.75 Å². The van der Waals surface area contributed by atoms with Crippen LogP contribution in [0.2, 0.25) is 0 Å². The lowest BCUT2D eigenvalue weighted by Crippen LogP contribution is -2.24. The Morgan fingerprint density at radius 2 is 1.96 bits per heavy atom. The average molecular weight is 408 g/mol. The van der Waals surface area contributed by atoms with Gasteiger partial charge in [-0.1, -0.05) is 23.9 Å². The van der Waals surface area contributed by atoms with E-state index in [-0.39, 0.29) is 22.4 Å². The molecule has 142 valence electrons. The van der Waals surface area contributed by atoms with Gasteiger partial charge >= 0.3 is 0 Å². The van der Waals surface area contributed by atoms with Crippen molar-refractivity contribution in [1.82, 2.24) is 14.9 Å². The second-order valence-electron chi connectivity index (χ2n) is 5.84. The first kappa shape index (κ1) is 19.3. The number of sulfonamides is 1. The second kappa shape index (κ2) is 7.67. The van der Waals surface area contributed by atoms with Gasteiger partial charge in [-0.3, -0.25) is 4.79 Å². The molecule has 0 radical (unpaired) electrons. The second-order valence-corrected chi connectivity index (χ2v) is 8.34. The molecule has 1 aromatic heterocycles. The largest absolute Gasteiger partial charge is 0.351 e. The molecule has 1 amide bonds. The molecule has 27 heavy (non-hydrogen) atoms. The normalized spacial score (nSPS) is 11.7. The van der Waals surface area contributed by atoms with Gasteiger partial charge in [0.05, 0.1) is 21.7 Å². The van der Waals surface area contributed by atoms with Crippen LogP contribution in [-0.2, 0) is 28.4 Å². The fraction of sp³-hybridized carbons (Fsp3) is 0.176. The van der Waals surface area contributed by atoms with E-state index in [2.05, 4.69) is 10.3 Å². The average Bonchev–Trinajstić information content (AvgIpc) is 2.94. The number of fused-ring (bicyclic) bond motifs is 1. The van der Waals surface area contributed by atoms with E-state index in [0.29, 0.717) is 17.2 Å². The molecule has 3 aromatic rings. The fourth-order valence-electron chi connectivity index (χ4n) is 2.45. The monoisotopic (exact) mass is 408 g/mol. The summed E-state index contributed by atoms with van der Waals surface area (Å²) in [5.41, 5.74) is 2.02. The molecule has 2 aromatic carbocycles. The minimum Gasteiger partial charge on any atom is -0.351 e. The maximum absolute atomic E-state index is 12.9. The van der Waals surface area contributed by atoms with Crippen molar-refractivity contribution < 1.29 is 17.6 Å². The van der Waals surface area contributed by atoms with Crippen LogP contribution in [0.3, 0.4) is 0 Å². The van der Waals surface area contributed by atoms with Gasteiger partial charge in [0, 0.05) is 13.6 Å². The van der Waals surface area contributed by atoms with Gasteiger partial charge in [0.2, 0.25) is 15.9 Å². The summed E-state index contributed by atoms with van der Waals surface area (Å²) >= 11 is 1.23. The van der Waals surface area contributed by atoms with E-state index < -0.39 is 10.0 Å². The van der Waals surface area contributed by atoms with Crippen molar-refractivity contribution in [2.24, 2.45) is 12.2 Å². The zero-order valence-corrected chi connectivity index (χ0v) is 16.0. The number of hydrogen-bond donors (Lipinski definition) is 2. The zero-order valence-electron chi connectivity index (χ0n) is 14.3. The van der Waals surface area contributed by atoms with Gasteiger partial charge in [0.15, 0.2) is 5.16 Å². The minimum absolute atomic E-state index is 0.0123. The first-order chi connectivity index (χ1) is 12.7. The Labute approximate surface area is 159 Å². The molecular formula is C17H17FN4O3S2. The molecule has 0 aliphatic rings. The van der Waals surface area contributed by atoms with E-state index in [1.165, 1.54) is 36.0 Å². The Kier molecular flexibility index (Phi) is 5.49. The smallest absolute Gasteiger partial charge is 0.238 e. The maximum atomic E-state index is 12.9. The Morgan fingerprint density at radius 3 is 2.63 bits per heavy atom. The molecule has 0 fully saturated rings. The molecule has 1 heterocycles. The number of thioether (sulfide) groups is 1. The van der Waals surface area contributed by atoms with Crippen LogP contribution in [-0.4, -0.2) is 29.6 Å². The highest BCUT2D eigenvalue weighted by atomic mass is 32.2. The molecule has 10 heteroatoms. The van der Waals surface area contributed by atoms with E-state index in [1.54, 1.807) is 29.8 Å². The van der Waals surface area contributed by atoms with Crippen LogP contribution in [0, 0.1) is 5.82 Å². The molecule has 0 atom stereocenters. The van der Waals surface area contributed by atoms with Crippen molar-refractivity contribution in [2.45, 2.75) is 16.6 Å². The third-order valence-corrected chi connectivity index (χ3v) is 5.82. The number of hydrogen-bond acceptors (Lipinski definition) is 5. The number of amides is 1. The van der Waals surface area contributed by atoms with Crippen LogP contribution in [0.25, 0.3) is 11.0 Å². The summed E-state index contributed by atoms with van der Waals surface area (Å²) in [7, 11) is -2.02. The summed E-state index contributed by atoms with van der Waals surface area (Å²) in [6, 6.07) is 10.3. The molecule has 3 rings (SSSR count). The Balaban J connectivity index is 1.64. The van der Waals surface area contributed by atoms with Crippen LogP contribution in [0.4, 0.5) is 4.39 Å². The van der Waals surface area contributed by atoms with E-state index >= 15 is 0 Å². The van der Waals surface area contributed by atoms with Crippen molar-refractivity contribution in [1.29, 1.82) is 0 Å². The predicted molar refractivity (Wildman–Crippen MR) is 101 cm³/mol. The number of carbonyl (C=O) groups is 1. The molecule has 7 nitrogen and oxygen atoms in total. The number of aromatic nitrogens is 2. The third-order valence-electron chi connectivity index (χ3n) is 3.88. The summed E-state index contributed by atoms with van der Waals surface area (Å²) in [6.45, 7) is 0.305. The Hall–Kier alpha value is -2.43. The highest BCUT2D eigenvalue weighted by molar-refractivity contribution is 7.99. The van der Waals surface area contributed by atoms with Crippen molar-refractivity contribution in [3.05, 3.63) is 53.8 Å². The number of aryl methyl sites for hydroxylation is 1. The van der Waals surface area contributed by atoms with Gasteiger partial charge in [0.1, 0.15) is 5.82 Å². The molecule has 3 N–H and O–H groups in total. The first-order valence-corrected chi connectivity index (χ1v) is 10.4. The third kappa shape index (κ3) is 4.65. The Bertz CT molecular complexity index is 1100. The molecule has 0 unspecified atom stereocenters. The van der Waals surface area contributed by atoms with Gasteiger partial charge in [-0.25, -0.2) is 22.9 Å². The maximum Gasteiger partial charge on any atom is 0.238 e. The Morgan fingerprint density at radius 1 is 1.26 bits per heavy atom. The number of imidazole rings is 1. The van der Waals surface area contributed by atoms with Gasteiger partial charge in [-0.2, -0.15) is 0 Å². The van der Waals surface area contributed by atoms with Crippen molar-refractivity contribution >= 4 is 38.7 Å². The lowest BCUT2D eigenvalue weighted by atomic mass is 10.2. The number of benzene rings is 2. The summed E-state index contributed by atoms with van der Waals surface area (Å²) in [5.74, 6) is -0.380. The summed E-state index contributed by atoms with van der Waals surface area (Å²) < 4.78 is 37.6. The molecule has 0 saturated heterocycles. The molecule has 0 aliphatic carbocycles. The van der Waals surface area contributed by atoms with E-state index in [1.807, 2.05) is 0 Å². The van der Waals surface area contributed by atoms with Gasteiger partial charge in [0.25, 0.3) is 0 Å². The number of carbonyl (C=O) groups excluding carboxylic acids is 1. The SMILES string of the molecule is Cn1c(SCC(=O)NCc2ccc(F)cc2)nc2cc(S(N)(=O)=O)ccc21. The highest BCUT2D eigenvalue weighted by Gasteiger charge is 2.14. The lowest BCUT2D eigenvalue weighted by molar-refractivity contribution is -0.118. The van der Waals surface area contributed by atoms with Crippen LogP contribution in [0.15, 0.2) is 52.5 Å². The number of halogens is 1. The highest BCUT2D eigenvalue weighted by Crippen LogP contribution is 2.24. The van der Waals surface area contributed by atoms with Gasteiger partial charge in [-0.15, -0.1) is 0 Å². The van der Waals surface area contributed by atoms with Crippen molar-refractivity contribution in [3.63, 3.8) is 0 Å². The predicted octanol–water partition coefficient (Wildman–Crippen LogP) is 1.77. The number of primary sulfonamides is 1. The molecular weight excluding hydrogens is 391 g/mol. The van der Waals surface area contributed by atoms with E-state index in [0.717, 1.165) is 11.1 Å². The van der Waals surface area contributed by atoms with E-state index in [9.17, 15) is 17.6 Å². The summed E-state index contributed by atoms with van der Waals surface area (Å²) in [5, 5.41) is 8.47. The minimum atomic E-state index is -3.80. The standard InChI is InChI=1S/C17H17FN4O3S2/c1-22-15-7-6-13(27(19,24)25)8-14(15)21-17(22)26-10-16(23)20-9-11-2-4-12(18)5-3-11/h2-8H,9-10H2,1H3,(H,20,23)(H2,19,24,25). The zero-order chi connectivity index (χ0) is 19.6. The van der Waals surface area contributed by atoms with Gasteiger partial charge in [-0.05, 0) is 35.9 Å². The fourth-order valence-corrected chi connectivity index (χ4v) is 3.80. The van der Waals surface area contributed by atoms with Crippen LogP contribution >= 0.6 is 11.8 Å². The van der Waals surface area contributed by atoms with Crippen LogP contribution < -0.4 is 10.5 Å². The van der Waals surface area contributed by atoms with Crippen molar-refractivity contribution in [3.8, 4) is 0 Å². The topological polar surface area (TPSA) is 107 Å². The number of nitrogens with one attached hydrogen (secondary N) is 1.